The van der Waals surface area contributed by atoms with Crippen LogP contribution in [0.5, 0.6) is 0 Å². The Morgan fingerprint density at radius 3 is 2.68 bits per heavy atom. The normalized spacial score (nSPS) is 27.9. The van der Waals surface area contributed by atoms with Crippen LogP contribution in [0.2, 0.25) is 0 Å². The van der Waals surface area contributed by atoms with Gasteiger partial charge in [0, 0.05) is 22.7 Å². The number of hydrogen-bond donors (Lipinski definition) is 4. The van der Waals surface area contributed by atoms with Crippen LogP contribution in [0.1, 0.15) is 22.8 Å². The first-order valence-corrected chi connectivity index (χ1v) is 12.7. The number of fused-ring (bicyclic) bond motifs is 1. The molecule has 14 heteroatoms. The minimum atomic E-state index is -1.91. The molecule has 11 nitrogen and oxygen atoms in total. The number of carbonyl (C=O) groups excluding carboxylic acids is 1. The predicted octanol–water partition coefficient (Wildman–Crippen LogP) is 1.48. The molecular weight excluding hydrogens is 547 g/mol. The highest BCUT2D eigenvalue weighted by Crippen LogP contribution is 2.43. The molecule has 2 aromatic heterocycles. The van der Waals surface area contributed by atoms with Gasteiger partial charge in [0.2, 0.25) is 5.79 Å². The lowest BCUT2D eigenvalue weighted by atomic mass is 9.86. The van der Waals surface area contributed by atoms with E-state index in [0.29, 0.717) is 16.5 Å². The van der Waals surface area contributed by atoms with Gasteiger partial charge in [0.1, 0.15) is 30.0 Å². The second-order valence-electron chi connectivity index (χ2n) is 9.86. The van der Waals surface area contributed by atoms with Crippen molar-refractivity contribution >= 4 is 16.8 Å². The fourth-order valence-corrected chi connectivity index (χ4v) is 5.48. The average molecular weight is 572 g/mol. The van der Waals surface area contributed by atoms with Gasteiger partial charge in [0.05, 0.1) is 31.0 Å². The molecule has 2 aliphatic heterocycles. The Balaban J connectivity index is 1.33. The molecule has 0 saturated carbocycles. The SMILES string of the molecule is O=C(N[C@@H]1CCO[C@]12O[C@H](CO)[C@H](O)[C@H](n1cc(-c3cc(F)c(F)c(F)c3)nn1)[C@H]2O)c1cccc2ncccc12. The van der Waals surface area contributed by atoms with Crippen molar-refractivity contribution in [3.8, 4) is 11.3 Å². The molecule has 1 amide bonds. The Kier molecular flexibility index (Phi) is 6.95. The number of hydrogen-bond acceptors (Lipinski definition) is 9. The molecule has 41 heavy (non-hydrogen) atoms. The fraction of sp³-hybridized carbons (Fsp3) is 0.333. The van der Waals surface area contributed by atoms with Crippen LogP contribution in [0.4, 0.5) is 13.2 Å². The molecule has 6 atom stereocenters. The van der Waals surface area contributed by atoms with E-state index in [0.717, 1.165) is 16.8 Å². The molecule has 4 aromatic rings. The molecule has 2 aromatic carbocycles. The number of nitrogens with one attached hydrogen (secondary N) is 1. The van der Waals surface area contributed by atoms with Gasteiger partial charge in [-0.1, -0.05) is 17.3 Å². The number of benzene rings is 2. The van der Waals surface area contributed by atoms with Gasteiger partial charge >= 0.3 is 0 Å². The molecule has 2 aliphatic rings. The van der Waals surface area contributed by atoms with Crippen LogP contribution in [0.25, 0.3) is 22.2 Å². The Morgan fingerprint density at radius 2 is 1.93 bits per heavy atom. The third-order valence-corrected chi connectivity index (χ3v) is 7.49. The second-order valence-corrected chi connectivity index (χ2v) is 9.86. The highest BCUT2D eigenvalue weighted by molar-refractivity contribution is 6.06. The quantitative estimate of drug-likeness (QED) is 0.261. The zero-order valence-corrected chi connectivity index (χ0v) is 21.2. The maximum absolute atomic E-state index is 13.8. The molecule has 214 valence electrons. The maximum atomic E-state index is 13.8. The lowest BCUT2D eigenvalue weighted by Gasteiger charge is -2.49. The molecule has 2 saturated heterocycles. The molecule has 0 unspecified atom stereocenters. The minimum absolute atomic E-state index is 0.0663. The molecule has 6 rings (SSSR count). The number of ether oxygens (including phenoxy) is 2. The highest BCUT2D eigenvalue weighted by Gasteiger charge is 2.62. The van der Waals surface area contributed by atoms with Gasteiger partial charge in [-0.05, 0) is 36.8 Å². The summed E-state index contributed by atoms with van der Waals surface area (Å²) in [6.07, 6.45) is -1.46. The van der Waals surface area contributed by atoms with Crippen LogP contribution in [0, 0.1) is 17.5 Å². The third-order valence-electron chi connectivity index (χ3n) is 7.49. The first-order valence-electron chi connectivity index (χ1n) is 12.7. The van der Waals surface area contributed by atoms with Gasteiger partial charge in [-0.25, -0.2) is 17.9 Å². The second kappa shape index (κ2) is 10.5. The third kappa shape index (κ3) is 4.53. The lowest BCUT2D eigenvalue weighted by molar-refractivity contribution is -0.344. The summed E-state index contributed by atoms with van der Waals surface area (Å²) in [6.45, 7) is -0.613. The van der Waals surface area contributed by atoms with E-state index >= 15 is 0 Å². The number of nitrogens with zero attached hydrogens (tertiary/aromatic N) is 4. The number of pyridine rings is 1. The first-order chi connectivity index (χ1) is 19.7. The predicted molar refractivity (Wildman–Crippen MR) is 135 cm³/mol. The largest absolute Gasteiger partial charge is 0.394 e. The number of aromatic nitrogens is 4. The number of aliphatic hydroxyl groups excluding tert-OH is 3. The molecule has 0 aliphatic carbocycles. The van der Waals surface area contributed by atoms with Crippen molar-refractivity contribution in [2.24, 2.45) is 0 Å². The number of aliphatic hydroxyl groups is 3. The molecular formula is C27H24F3N5O6. The Bertz CT molecular complexity index is 1590. The van der Waals surface area contributed by atoms with E-state index in [4.69, 9.17) is 9.47 Å². The topological polar surface area (TPSA) is 152 Å². The molecule has 0 bridgehead atoms. The van der Waals surface area contributed by atoms with Crippen LogP contribution in [-0.2, 0) is 9.47 Å². The van der Waals surface area contributed by atoms with Gasteiger partial charge < -0.3 is 30.1 Å². The van der Waals surface area contributed by atoms with Crippen molar-refractivity contribution < 1.29 is 42.8 Å². The van der Waals surface area contributed by atoms with Crippen molar-refractivity contribution in [1.29, 1.82) is 0 Å². The van der Waals surface area contributed by atoms with Crippen molar-refractivity contribution in [3.05, 3.63) is 77.9 Å². The van der Waals surface area contributed by atoms with Crippen LogP contribution >= 0.6 is 0 Å². The summed E-state index contributed by atoms with van der Waals surface area (Å²) in [5, 5.41) is 43.8. The van der Waals surface area contributed by atoms with E-state index in [1.54, 1.807) is 36.5 Å². The summed E-state index contributed by atoms with van der Waals surface area (Å²) in [6, 6.07) is 7.73. The monoisotopic (exact) mass is 571 g/mol. The van der Waals surface area contributed by atoms with Crippen LogP contribution in [0.15, 0.2) is 54.9 Å². The van der Waals surface area contributed by atoms with Crippen LogP contribution < -0.4 is 5.32 Å². The molecule has 4 N–H and O–H groups in total. The Morgan fingerprint density at radius 1 is 1.15 bits per heavy atom. The Labute approximate surface area is 230 Å². The molecule has 2 fully saturated rings. The number of amides is 1. The summed E-state index contributed by atoms with van der Waals surface area (Å²) in [5.74, 6) is -6.90. The van der Waals surface area contributed by atoms with Gasteiger partial charge in [0.25, 0.3) is 5.91 Å². The van der Waals surface area contributed by atoms with Gasteiger partial charge in [-0.15, -0.1) is 5.10 Å². The average Bonchev–Trinajstić information content (AvgIpc) is 3.61. The van der Waals surface area contributed by atoms with E-state index in [2.05, 4.69) is 20.6 Å². The van der Waals surface area contributed by atoms with Gasteiger partial charge in [-0.3, -0.25) is 9.78 Å². The summed E-state index contributed by atoms with van der Waals surface area (Å²) in [4.78, 5) is 17.7. The van der Waals surface area contributed by atoms with Crippen molar-refractivity contribution in [3.63, 3.8) is 0 Å². The van der Waals surface area contributed by atoms with Crippen molar-refractivity contribution in [1.82, 2.24) is 25.3 Å². The first kappa shape index (κ1) is 27.2. The van der Waals surface area contributed by atoms with Crippen molar-refractivity contribution in [2.45, 2.75) is 42.6 Å². The van der Waals surface area contributed by atoms with E-state index in [1.165, 1.54) is 6.20 Å². The fourth-order valence-electron chi connectivity index (χ4n) is 5.48. The van der Waals surface area contributed by atoms with E-state index < -0.39 is 66.1 Å². The minimum Gasteiger partial charge on any atom is -0.394 e. The maximum Gasteiger partial charge on any atom is 0.252 e. The molecule has 1 spiro atoms. The smallest absolute Gasteiger partial charge is 0.252 e. The zero-order chi connectivity index (χ0) is 28.9. The van der Waals surface area contributed by atoms with E-state index in [-0.39, 0.29) is 24.3 Å². The summed E-state index contributed by atoms with van der Waals surface area (Å²) < 4.78 is 53.9. The van der Waals surface area contributed by atoms with Gasteiger partial charge in [-0.2, -0.15) is 0 Å². The van der Waals surface area contributed by atoms with E-state index in [9.17, 15) is 33.3 Å². The van der Waals surface area contributed by atoms with E-state index in [1.807, 2.05) is 0 Å². The lowest BCUT2D eigenvalue weighted by Crippen LogP contribution is -2.69. The molecule has 0 radical (unpaired) electrons. The number of halogens is 3. The van der Waals surface area contributed by atoms with Crippen molar-refractivity contribution in [2.75, 3.05) is 13.2 Å². The van der Waals surface area contributed by atoms with Gasteiger partial charge in [0.15, 0.2) is 17.5 Å². The summed E-state index contributed by atoms with van der Waals surface area (Å²) in [7, 11) is 0. The van der Waals surface area contributed by atoms with Crippen LogP contribution in [-0.4, -0.2) is 84.6 Å². The zero-order valence-electron chi connectivity index (χ0n) is 21.2. The number of rotatable bonds is 5. The standard InChI is InChI=1S/C27H24F3N5O6/c28-16-9-13(10-17(29)22(16)30)19-11-35(34-33-19)23-24(37)20(12-36)41-27(25(23)38)21(6-8-40-27)32-26(39)15-3-1-5-18-14(15)4-2-7-31-18/h1-5,7,9-11,20-21,23-25,36-38H,6,8,12H2,(H,32,39)/t20-,21-,23+,24+,25-,27+/m1/s1. The highest BCUT2D eigenvalue weighted by atomic mass is 19.2. The summed E-state index contributed by atoms with van der Waals surface area (Å²) in [5.41, 5.74) is 0.727. The van der Waals surface area contributed by atoms with Crippen LogP contribution in [0.3, 0.4) is 0 Å². The molecule has 4 heterocycles. The summed E-state index contributed by atoms with van der Waals surface area (Å²) >= 11 is 0. The Hall–Kier alpha value is -3.95. The number of carbonyl (C=O) groups is 1.